The van der Waals surface area contributed by atoms with Gasteiger partial charge in [0.25, 0.3) is 0 Å². The normalized spacial score (nSPS) is 45.5. The molecule has 7 fully saturated rings. The molecular formula is C23H28F2O8S. The van der Waals surface area contributed by atoms with Gasteiger partial charge in [-0.2, -0.15) is 13.1 Å². The molecule has 6 aliphatic carbocycles. The van der Waals surface area contributed by atoms with Crippen LogP contribution in [0.25, 0.3) is 0 Å². The van der Waals surface area contributed by atoms with Crippen LogP contribution >= 0.6 is 12.0 Å². The number of hydrogen-bond acceptors (Lipinski definition) is 9. The highest BCUT2D eigenvalue weighted by Crippen LogP contribution is 2.63. The average molecular weight is 503 g/mol. The fourth-order valence-electron chi connectivity index (χ4n) is 8.87. The van der Waals surface area contributed by atoms with Gasteiger partial charge in [-0.25, -0.2) is 10.1 Å². The van der Waals surface area contributed by atoms with Gasteiger partial charge < -0.3 is 14.2 Å². The van der Waals surface area contributed by atoms with Crippen molar-refractivity contribution in [2.24, 2.45) is 40.9 Å². The minimum absolute atomic E-state index is 0.00251. The van der Waals surface area contributed by atoms with E-state index < -0.39 is 34.3 Å². The van der Waals surface area contributed by atoms with Gasteiger partial charge in [-0.1, -0.05) is 0 Å². The van der Waals surface area contributed by atoms with Crippen LogP contribution in [0.1, 0.15) is 57.8 Å². The van der Waals surface area contributed by atoms with Crippen LogP contribution in [0.15, 0.2) is 0 Å². The first-order chi connectivity index (χ1) is 16.1. The Balaban J connectivity index is 1.11. The zero-order valence-electron chi connectivity index (χ0n) is 18.6. The van der Waals surface area contributed by atoms with Crippen LogP contribution in [-0.4, -0.2) is 46.7 Å². The largest absolute Gasteiger partial charge is 0.462 e. The number of rotatable bonds is 8. The van der Waals surface area contributed by atoms with E-state index in [0.29, 0.717) is 24.2 Å². The molecule has 6 saturated carbocycles. The summed E-state index contributed by atoms with van der Waals surface area (Å²) in [5.41, 5.74) is -1.16. The molecule has 1 aliphatic heterocycles. The van der Waals surface area contributed by atoms with Crippen molar-refractivity contribution < 1.29 is 47.0 Å². The summed E-state index contributed by atoms with van der Waals surface area (Å²) < 4.78 is 47.4. The molecule has 7 rings (SSSR count). The number of carbonyl (C=O) groups excluding carboxylic acids is 3. The first-order valence-electron chi connectivity index (χ1n) is 12.1. The lowest BCUT2D eigenvalue weighted by molar-refractivity contribution is -0.214. The number of esters is 3. The molecule has 0 aromatic rings. The number of fused-ring (bicyclic) bond motifs is 1. The monoisotopic (exact) mass is 502 g/mol. The van der Waals surface area contributed by atoms with Gasteiger partial charge in [0.1, 0.15) is 23.7 Å². The van der Waals surface area contributed by atoms with E-state index in [0.717, 1.165) is 44.9 Å². The minimum atomic E-state index is -4.01. The highest BCUT2D eigenvalue weighted by atomic mass is 32.2. The second kappa shape index (κ2) is 7.77. The average Bonchev–Trinajstić information content (AvgIpc) is 3.36. The summed E-state index contributed by atoms with van der Waals surface area (Å²) in [5.74, 6) is -1.00. The molecule has 1 saturated heterocycles. The third kappa shape index (κ3) is 3.64. The van der Waals surface area contributed by atoms with Crippen LogP contribution in [0.5, 0.6) is 0 Å². The van der Waals surface area contributed by atoms with Crippen LogP contribution < -0.4 is 0 Å². The molecule has 0 spiro atoms. The first kappa shape index (κ1) is 23.0. The summed E-state index contributed by atoms with van der Waals surface area (Å²) in [6.07, 6.45) is 6.26. The maximum absolute atomic E-state index is 13.7. The molecular weight excluding hydrogens is 474 g/mol. The third-order valence-corrected chi connectivity index (χ3v) is 9.85. The molecule has 11 heteroatoms. The standard InChI is InChI=1S/C23H28F2O8S/c24-23(25,34-33-29)20(28)30-10-21-5-11-1-12(6-21)8-22(7-11,9-21)32-17(26)4-14-13-2-15-16(3-13)19(27)31-18(14)15/h11-16,18,29H,1-10H2. The molecule has 8 nitrogen and oxygen atoms in total. The van der Waals surface area contributed by atoms with Crippen molar-refractivity contribution in [1.82, 2.24) is 0 Å². The van der Waals surface area contributed by atoms with Gasteiger partial charge >= 0.3 is 23.2 Å². The summed E-state index contributed by atoms with van der Waals surface area (Å²) in [7, 11) is 0. The van der Waals surface area contributed by atoms with Gasteiger partial charge in [-0.05, 0) is 69.1 Å². The van der Waals surface area contributed by atoms with Crippen LogP contribution in [0, 0.1) is 40.9 Å². The van der Waals surface area contributed by atoms with Crippen molar-refractivity contribution >= 4 is 30.0 Å². The van der Waals surface area contributed by atoms with Crippen LogP contribution in [0.3, 0.4) is 0 Å². The quantitative estimate of drug-likeness (QED) is 0.175. The van der Waals surface area contributed by atoms with E-state index >= 15 is 0 Å². The zero-order chi connectivity index (χ0) is 23.9. The van der Waals surface area contributed by atoms with Crippen LogP contribution in [0.2, 0.25) is 0 Å². The van der Waals surface area contributed by atoms with Crippen molar-refractivity contribution in [3.05, 3.63) is 0 Å². The smallest absolute Gasteiger partial charge is 0.415 e. The van der Waals surface area contributed by atoms with Crippen LogP contribution in [0.4, 0.5) is 8.78 Å². The van der Waals surface area contributed by atoms with Gasteiger partial charge in [0.05, 0.1) is 18.9 Å². The van der Waals surface area contributed by atoms with Crippen molar-refractivity contribution in [2.45, 2.75) is 74.7 Å². The molecule has 1 heterocycles. The predicted octanol–water partition coefficient (Wildman–Crippen LogP) is 3.73. The topological polar surface area (TPSA) is 108 Å². The number of halogens is 2. The number of ether oxygens (including phenoxy) is 3. The van der Waals surface area contributed by atoms with Crippen molar-refractivity contribution in [3.63, 3.8) is 0 Å². The summed E-state index contributed by atoms with van der Waals surface area (Å²) in [4.78, 5) is 37.0. The van der Waals surface area contributed by atoms with E-state index in [2.05, 4.69) is 4.33 Å². The molecule has 7 unspecified atom stereocenters. The second-order valence-corrected chi connectivity index (χ2v) is 12.5. The Labute approximate surface area is 199 Å². The van der Waals surface area contributed by atoms with E-state index in [1.807, 2.05) is 0 Å². The molecule has 6 bridgehead atoms. The zero-order valence-corrected chi connectivity index (χ0v) is 19.4. The van der Waals surface area contributed by atoms with Gasteiger partial charge in [-0.15, -0.1) is 0 Å². The maximum Gasteiger partial charge on any atom is 0.415 e. The van der Waals surface area contributed by atoms with Gasteiger partial charge in [0.15, 0.2) is 0 Å². The molecule has 7 aliphatic rings. The Kier molecular flexibility index (Phi) is 5.25. The maximum atomic E-state index is 13.7. The Hall–Kier alpha value is -1.46. The fraction of sp³-hybridized carbons (Fsp3) is 0.870. The molecule has 0 amide bonds. The van der Waals surface area contributed by atoms with E-state index in [-0.39, 0.29) is 48.8 Å². The minimum Gasteiger partial charge on any atom is -0.462 e. The van der Waals surface area contributed by atoms with E-state index in [9.17, 15) is 23.2 Å². The molecule has 0 radical (unpaired) electrons. The summed E-state index contributed by atoms with van der Waals surface area (Å²) in [5, 5.41) is 4.24. The molecule has 0 aromatic carbocycles. The molecule has 188 valence electrons. The SMILES string of the molecule is O=C(CC1C2CC3C(=O)OC1C3C2)OC12CC3CC(CC(COC(=O)C(F)(F)SOO)(C3)C1)C2. The predicted molar refractivity (Wildman–Crippen MR) is 111 cm³/mol. The molecule has 34 heavy (non-hydrogen) atoms. The first-order valence-corrected chi connectivity index (χ1v) is 12.8. The van der Waals surface area contributed by atoms with Gasteiger partial charge in [-0.3, -0.25) is 9.59 Å². The lowest BCUT2D eigenvalue weighted by atomic mass is 9.48. The number of hydrogen-bond donors (Lipinski definition) is 1. The lowest BCUT2D eigenvalue weighted by Crippen LogP contribution is -2.59. The Morgan fingerprint density at radius 1 is 1.15 bits per heavy atom. The summed E-state index contributed by atoms with van der Waals surface area (Å²) in [6, 6.07) is 0. The van der Waals surface area contributed by atoms with E-state index in [1.165, 1.54) is 0 Å². The Morgan fingerprint density at radius 2 is 1.88 bits per heavy atom. The van der Waals surface area contributed by atoms with Gasteiger partial charge in [0.2, 0.25) is 0 Å². The van der Waals surface area contributed by atoms with Crippen molar-refractivity contribution in [2.75, 3.05) is 6.61 Å². The van der Waals surface area contributed by atoms with Crippen molar-refractivity contribution in [1.29, 1.82) is 0 Å². The van der Waals surface area contributed by atoms with E-state index in [4.69, 9.17) is 19.5 Å². The third-order valence-electron chi connectivity index (χ3n) is 9.40. The second-order valence-electron chi connectivity index (χ2n) is 11.6. The summed E-state index contributed by atoms with van der Waals surface area (Å²) >= 11 is -0.662. The van der Waals surface area contributed by atoms with Gasteiger partial charge in [0, 0.05) is 17.3 Å². The van der Waals surface area contributed by atoms with E-state index in [1.54, 1.807) is 0 Å². The summed E-state index contributed by atoms with van der Waals surface area (Å²) in [6.45, 7) is -0.175. The molecule has 0 aromatic heterocycles. The van der Waals surface area contributed by atoms with Crippen molar-refractivity contribution in [3.8, 4) is 0 Å². The highest BCUT2D eigenvalue weighted by Gasteiger charge is 2.63. The molecule has 7 atom stereocenters. The Morgan fingerprint density at radius 3 is 2.59 bits per heavy atom. The lowest BCUT2D eigenvalue weighted by Gasteiger charge is -2.60. The Bertz CT molecular complexity index is 897. The van der Waals surface area contributed by atoms with Crippen LogP contribution in [-0.2, 0) is 32.9 Å². The number of alkyl halides is 2. The molecule has 1 N–H and O–H groups in total. The number of carbonyl (C=O) groups is 3. The highest BCUT2D eigenvalue weighted by molar-refractivity contribution is 7.96. The fourth-order valence-corrected chi connectivity index (χ4v) is 9.09.